The fraction of sp³-hybridized carbons (Fsp3) is 0.462. The van der Waals surface area contributed by atoms with Crippen LogP contribution >= 0.6 is 12.4 Å². The van der Waals surface area contributed by atoms with Crippen molar-refractivity contribution in [3.05, 3.63) is 35.6 Å². The molecule has 1 aromatic rings. The first kappa shape index (κ1) is 14.9. The maximum Gasteiger partial charge on any atom is 0.251 e. The molecule has 1 fully saturated rings. The van der Waals surface area contributed by atoms with Crippen molar-refractivity contribution in [1.82, 2.24) is 5.32 Å². The van der Waals surface area contributed by atoms with Crippen LogP contribution in [-0.4, -0.2) is 18.0 Å². The molecule has 3 N–H and O–H groups in total. The SMILES string of the molecule is CC(CN)(NC(=O)c1cccc(F)c1)C1CC1.Cl. The Morgan fingerprint density at radius 2 is 2.22 bits per heavy atom. The Bertz CT molecular complexity index is 437. The number of hydrogen-bond acceptors (Lipinski definition) is 2. The fourth-order valence-electron chi connectivity index (χ4n) is 2.00. The van der Waals surface area contributed by atoms with Gasteiger partial charge in [-0.05, 0) is 43.9 Å². The summed E-state index contributed by atoms with van der Waals surface area (Å²) in [7, 11) is 0. The van der Waals surface area contributed by atoms with Gasteiger partial charge in [0.25, 0.3) is 5.91 Å². The van der Waals surface area contributed by atoms with Crippen LogP contribution in [0.15, 0.2) is 24.3 Å². The summed E-state index contributed by atoms with van der Waals surface area (Å²) >= 11 is 0. The molecular formula is C13H18ClFN2O. The topological polar surface area (TPSA) is 55.1 Å². The Hall–Kier alpha value is -1.13. The molecule has 1 unspecified atom stereocenters. The fourth-order valence-corrected chi connectivity index (χ4v) is 2.00. The standard InChI is InChI=1S/C13H17FN2O.ClH/c1-13(8-15,10-5-6-10)16-12(17)9-3-2-4-11(14)7-9;/h2-4,7,10H,5-6,8,15H2,1H3,(H,16,17);1H. The van der Waals surface area contributed by atoms with E-state index in [4.69, 9.17) is 5.73 Å². The van der Waals surface area contributed by atoms with Crippen molar-refractivity contribution in [3.8, 4) is 0 Å². The van der Waals surface area contributed by atoms with Gasteiger partial charge in [-0.25, -0.2) is 4.39 Å². The van der Waals surface area contributed by atoms with Crippen molar-refractivity contribution in [2.75, 3.05) is 6.54 Å². The third-order valence-electron chi connectivity index (χ3n) is 3.39. The summed E-state index contributed by atoms with van der Waals surface area (Å²) in [5.41, 5.74) is 5.68. The van der Waals surface area contributed by atoms with Crippen LogP contribution in [-0.2, 0) is 0 Å². The van der Waals surface area contributed by atoms with E-state index in [-0.39, 0.29) is 23.9 Å². The summed E-state index contributed by atoms with van der Waals surface area (Å²) in [4.78, 5) is 12.0. The third-order valence-corrected chi connectivity index (χ3v) is 3.39. The molecule has 5 heteroatoms. The van der Waals surface area contributed by atoms with Gasteiger partial charge in [-0.15, -0.1) is 12.4 Å². The molecule has 0 bridgehead atoms. The number of benzene rings is 1. The molecule has 0 spiro atoms. The zero-order valence-electron chi connectivity index (χ0n) is 10.3. The normalized spacial score (nSPS) is 17.5. The third kappa shape index (κ3) is 3.21. The van der Waals surface area contributed by atoms with Crippen molar-refractivity contribution in [2.24, 2.45) is 11.7 Å². The van der Waals surface area contributed by atoms with Crippen LogP contribution in [0.25, 0.3) is 0 Å². The van der Waals surface area contributed by atoms with E-state index in [0.717, 1.165) is 12.8 Å². The molecule has 1 aliphatic rings. The second-order valence-electron chi connectivity index (χ2n) is 4.86. The van der Waals surface area contributed by atoms with Gasteiger partial charge in [-0.3, -0.25) is 4.79 Å². The summed E-state index contributed by atoms with van der Waals surface area (Å²) in [6.45, 7) is 2.35. The van der Waals surface area contributed by atoms with Crippen LogP contribution in [0.2, 0.25) is 0 Å². The van der Waals surface area contributed by atoms with E-state index < -0.39 is 5.82 Å². The van der Waals surface area contributed by atoms with E-state index >= 15 is 0 Å². The van der Waals surface area contributed by atoms with E-state index in [0.29, 0.717) is 18.0 Å². The molecule has 1 aliphatic carbocycles. The van der Waals surface area contributed by atoms with Crippen LogP contribution in [0.5, 0.6) is 0 Å². The van der Waals surface area contributed by atoms with Gasteiger partial charge in [0.05, 0.1) is 5.54 Å². The molecule has 1 amide bonds. The average Bonchev–Trinajstić information content (AvgIpc) is 3.13. The molecule has 0 saturated heterocycles. The first-order valence-electron chi connectivity index (χ1n) is 5.83. The van der Waals surface area contributed by atoms with Gasteiger partial charge in [-0.1, -0.05) is 6.07 Å². The second-order valence-corrected chi connectivity index (χ2v) is 4.86. The van der Waals surface area contributed by atoms with Crippen LogP contribution in [0, 0.1) is 11.7 Å². The highest BCUT2D eigenvalue weighted by atomic mass is 35.5. The Balaban J connectivity index is 0.00000162. The molecule has 18 heavy (non-hydrogen) atoms. The Labute approximate surface area is 112 Å². The molecule has 1 atom stereocenters. The minimum absolute atomic E-state index is 0. The van der Waals surface area contributed by atoms with Crippen molar-refractivity contribution < 1.29 is 9.18 Å². The van der Waals surface area contributed by atoms with Gasteiger partial charge in [0, 0.05) is 12.1 Å². The predicted octanol–water partition coefficient (Wildman–Crippen LogP) is 2.10. The van der Waals surface area contributed by atoms with E-state index in [1.807, 2.05) is 6.92 Å². The van der Waals surface area contributed by atoms with Crippen molar-refractivity contribution >= 4 is 18.3 Å². The summed E-state index contributed by atoms with van der Waals surface area (Å²) < 4.78 is 13.0. The van der Waals surface area contributed by atoms with E-state index in [2.05, 4.69) is 5.32 Å². The van der Waals surface area contributed by atoms with Crippen molar-refractivity contribution in [1.29, 1.82) is 0 Å². The summed E-state index contributed by atoms with van der Waals surface area (Å²) in [6.07, 6.45) is 2.19. The zero-order chi connectivity index (χ0) is 12.5. The lowest BCUT2D eigenvalue weighted by atomic mass is 9.95. The van der Waals surface area contributed by atoms with E-state index in [9.17, 15) is 9.18 Å². The lowest BCUT2D eigenvalue weighted by Crippen LogP contribution is -2.53. The van der Waals surface area contributed by atoms with Gasteiger partial charge >= 0.3 is 0 Å². The Morgan fingerprint density at radius 1 is 1.56 bits per heavy atom. The number of amides is 1. The molecule has 0 heterocycles. The van der Waals surface area contributed by atoms with Crippen LogP contribution in [0.3, 0.4) is 0 Å². The number of carbonyl (C=O) groups excluding carboxylic acids is 1. The van der Waals surface area contributed by atoms with Crippen LogP contribution < -0.4 is 11.1 Å². The molecule has 1 aromatic carbocycles. The Morgan fingerprint density at radius 3 is 2.72 bits per heavy atom. The number of rotatable bonds is 4. The quantitative estimate of drug-likeness (QED) is 0.882. The van der Waals surface area contributed by atoms with Crippen molar-refractivity contribution in [3.63, 3.8) is 0 Å². The maximum absolute atomic E-state index is 13.0. The number of halogens is 2. The monoisotopic (exact) mass is 272 g/mol. The highest BCUT2D eigenvalue weighted by Crippen LogP contribution is 2.39. The first-order chi connectivity index (χ1) is 8.05. The number of nitrogens with one attached hydrogen (secondary N) is 1. The maximum atomic E-state index is 13.0. The first-order valence-corrected chi connectivity index (χ1v) is 5.83. The minimum atomic E-state index is -0.404. The van der Waals surface area contributed by atoms with Gasteiger partial charge < -0.3 is 11.1 Å². The molecule has 100 valence electrons. The molecular weight excluding hydrogens is 255 g/mol. The smallest absolute Gasteiger partial charge is 0.251 e. The minimum Gasteiger partial charge on any atom is -0.345 e. The molecule has 0 aromatic heterocycles. The number of nitrogens with two attached hydrogens (primary N) is 1. The highest BCUT2D eigenvalue weighted by Gasteiger charge is 2.41. The highest BCUT2D eigenvalue weighted by molar-refractivity contribution is 5.94. The predicted molar refractivity (Wildman–Crippen MR) is 71.3 cm³/mol. The van der Waals surface area contributed by atoms with Gasteiger partial charge in [0.1, 0.15) is 5.82 Å². The molecule has 0 aliphatic heterocycles. The summed E-state index contributed by atoms with van der Waals surface area (Å²) in [5, 5.41) is 2.92. The Kier molecular flexibility index (Phi) is 4.71. The van der Waals surface area contributed by atoms with E-state index in [1.54, 1.807) is 6.07 Å². The molecule has 2 rings (SSSR count). The summed E-state index contributed by atoms with van der Waals surface area (Å²) in [6, 6.07) is 5.68. The van der Waals surface area contributed by atoms with Crippen molar-refractivity contribution in [2.45, 2.75) is 25.3 Å². The molecule has 1 saturated carbocycles. The zero-order valence-corrected chi connectivity index (χ0v) is 11.1. The summed E-state index contributed by atoms with van der Waals surface area (Å²) in [5.74, 6) is -0.215. The lowest BCUT2D eigenvalue weighted by Gasteiger charge is -2.29. The average molecular weight is 273 g/mol. The number of carbonyl (C=O) groups is 1. The van der Waals surface area contributed by atoms with Gasteiger partial charge in [0.15, 0.2) is 0 Å². The van der Waals surface area contributed by atoms with Crippen LogP contribution in [0.1, 0.15) is 30.1 Å². The van der Waals surface area contributed by atoms with Crippen LogP contribution in [0.4, 0.5) is 4.39 Å². The molecule has 0 radical (unpaired) electrons. The lowest BCUT2D eigenvalue weighted by molar-refractivity contribution is 0.0897. The van der Waals surface area contributed by atoms with E-state index in [1.165, 1.54) is 18.2 Å². The van der Waals surface area contributed by atoms with Gasteiger partial charge in [0.2, 0.25) is 0 Å². The number of hydrogen-bond donors (Lipinski definition) is 2. The van der Waals surface area contributed by atoms with Gasteiger partial charge in [-0.2, -0.15) is 0 Å². The molecule has 3 nitrogen and oxygen atoms in total. The second kappa shape index (κ2) is 5.67. The largest absolute Gasteiger partial charge is 0.345 e.